The molecule has 2 heterocycles. The zero-order valence-electron chi connectivity index (χ0n) is 15.3. The standard InChI is InChI=1S/C18H32N4O3/c1-2-19-18(20-7-4-9-22-10-14-23-15-11-22)21-8-5-12-24-16-17-6-3-13-25-17/h3,6,13H,2,4-5,7-12,14-16H2,1H3,(H2,19,20,21). The number of rotatable bonds is 11. The van der Waals surface area contributed by atoms with E-state index in [0.717, 1.165) is 77.0 Å². The predicted octanol–water partition coefficient (Wildman–Crippen LogP) is 1.46. The van der Waals surface area contributed by atoms with Crippen molar-refractivity contribution in [1.82, 2.24) is 15.5 Å². The second-order valence-electron chi connectivity index (χ2n) is 5.98. The molecule has 2 N–H and O–H groups in total. The molecule has 0 amide bonds. The molecule has 1 aromatic heterocycles. The first kappa shape index (κ1) is 19.8. The van der Waals surface area contributed by atoms with Crippen molar-refractivity contribution in [3.63, 3.8) is 0 Å². The quantitative estimate of drug-likeness (QED) is 0.357. The highest BCUT2D eigenvalue weighted by Crippen LogP contribution is 2.02. The summed E-state index contributed by atoms with van der Waals surface area (Å²) in [5.74, 6) is 1.74. The van der Waals surface area contributed by atoms with Gasteiger partial charge in [-0.05, 0) is 38.4 Å². The molecule has 1 aliphatic heterocycles. The molecule has 0 spiro atoms. The minimum atomic E-state index is 0.524. The average molecular weight is 352 g/mol. The van der Waals surface area contributed by atoms with Crippen LogP contribution >= 0.6 is 0 Å². The highest BCUT2D eigenvalue weighted by atomic mass is 16.5. The molecule has 0 aliphatic carbocycles. The van der Waals surface area contributed by atoms with Gasteiger partial charge >= 0.3 is 0 Å². The zero-order chi connectivity index (χ0) is 17.6. The van der Waals surface area contributed by atoms with Gasteiger partial charge in [0.15, 0.2) is 5.96 Å². The molecule has 1 aliphatic rings. The normalized spacial score (nSPS) is 16.1. The van der Waals surface area contributed by atoms with E-state index in [4.69, 9.17) is 13.9 Å². The maximum atomic E-state index is 5.57. The van der Waals surface area contributed by atoms with Gasteiger partial charge in [0.1, 0.15) is 12.4 Å². The van der Waals surface area contributed by atoms with Crippen molar-refractivity contribution in [2.75, 3.05) is 59.1 Å². The Morgan fingerprint density at radius 3 is 2.92 bits per heavy atom. The van der Waals surface area contributed by atoms with E-state index in [1.165, 1.54) is 0 Å². The number of hydrogen-bond acceptors (Lipinski definition) is 5. The van der Waals surface area contributed by atoms with E-state index in [1.807, 2.05) is 12.1 Å². The van der Waals surface area contributed by atoms with E-state index in [-0.39, 0.29) is 0 Å². The molecule has 142 valence electrons. The average Bonchev–Trinajstić information content (AvgIpc) is 3.16. The van der Waals surface area contributed by atoms with Crippen molar-refractivity contribution in [3.05, 3.63) is 24.2 Å². The molecule has 1 fully saturated rings. The van der Waals surface area contributed by atoms with Gasteiger partial charge in [-0.3, -0.25) is 9.89 Å². The zero-order valence-corrected chi connectivity index (χ0v) is 15.3. The number of furan rings is 1. The van der Waals surface area contributed by atoms with Crippen LogP contribution in [-0.2, 0) is 16.1 Å². The van der Waals surface area contributed by atoms with Crippen LogP contribution in [0.25, 0.3) is 0 Å². The fourth-order valence-electron chi connectivity index (χ4n) is 2.60. The molecule has 7 nitrogen and oxygen atoms in total. The summed E-state index contributed by atoms with van der Waals surface area (Å²) in [5.41, 5.74) is 0. The molecule has 0 unspecified atom stereocenters. The van der Waals surface area contributed by atoms with E-state index < -0.39 is 0 Å². The summed E-state index contributed by atoms with van der Waals surface area (Å²) in [7, 11) is 0. The third-order valence-corrected chi connectivity index (χ3v) is 3.93. The van der Waals surface area contributed by atoms with E-state index in [1.54, 1.807) is 6.26 Å². The second-order valence-corrected chi connectivity index (χ2v) is 5.98. The minimum Gasteiger partial charge on any atom is -0.467 e. The number of ether oxygens (including phenoxy) is 2. The summed E-state index contributed by atoms with van der Waals surface area (Å²) in [6, 6.07) is 3.79. The van der Waals surface area contributed by atoms with Crippen LogP contribution in [0.4, 0.5) is 0 Å². The highest BCUT2D eigenvalue weighted by molar-refractivity contribution is 5.79. The van der Waals surface area contributed by atoms with Gasteiger partial charge in [0.05, 0.1) is 19.5 Å². The van der Waals surface area contributed by atoms with Crippen molar-refractivity contribution in [1.29, 1.82) is 0 Å². The van der Waals surface area contributed by atoms with Crippen LogP contribution in [0.3, 0.4) is 0 Å². The van der Waals surface area contributed by atoms with Gasteiger partial charge in [0.25, 0.3) is 0 Å². The lowest BCUT2D eigenvalue weighted by atomic mass is 10.3. The molecule has 1 aromatic rings. The molecule has 2 rings (SSSR count). The van der Waals surface area contributed by atoms with E-state index in [9.17, 15) is 0 Å². The smallest absolute Gasteiger partial charge is 0.191 e. The van der Waals surface area contributed by atoms with Crippen LogP contribution in [0.15, 0.2) is 27.8 Å². The van der Waals surface area contributed by atoms with Gasteiger partial charge in [-0.15, -0.1) is 0 Å². The fraction of sp³-hybridized carbons (Fsp3) is 0.722. The first-order chi connectivity index (χ1) is 12.4. The number of aliphatic imine (C=N–C) groups is 1. The Morgan fingerprint density at radius 1 is 1.28 bits per heavy atom. The highest BCUT2D eigenvalue weighted by Gasteiger charge is 2.09. The van der Waals surface area contributed by atoms with Crippen LogP contribution in [0, 0.1) is 0 Å². The second kappa shape index (κ2) is 12.7. The maximum absolute atomic E-state index is 5.57. The molecule has 25 heavy (non-hydrogen) atoms. The number of hydrogen-bond donors (Lipinski definition) is 2. The third kappa shape index (κ3) is 8.90. The molecule has 0 atom stereocenters. The van der Waals surface area contributed by atoms with Crippen LogP contribution in [-0.4, -0.2) is 69.9 Å². The molecule has 0 radical (unpaired) electrons. The van der Waals surface area contributed by atoms with E-state index in [0.29, 0.717) is 13.2 Å². The van der Waals surface area contributed by atoms with Crippen LogP contribution in [0.2, 0.25) is 0 Å². The molecular formula is C18H32N4O3. The fourth-order valence-corrected chi connectivity index (χ4v) is 2.60. The Morgan fingerprint density at radius 2 is 2.16 bits per heavy atom. The number of guanidine groups is 1. The third-order valence-electron chi connectivity index (χ3n) is 3.93. The van der Waals surface area contributed by atoms with Crippen molar-refractivity contribution in [2.45, 2.75) is 26.4 Å². The summed E-state index contributed by atoms with van der Waals surface area (Å²) in [5, 5.41) is 6.68. The SMILES string of the molecule is CCNC(=NCCCOCc1ccco1)NCCCN1CCOCC1. The van der Waals surface area contributed by atoms with Gasteiger partial charge < -0.3 is 24.5 Å². The van der Waals surface area contributed by atoms with Crippen molar-refractivity contribution >= 4 is 5.96 Å². The van der Waals surface area contributed by atoms with Crippen LogP contribution in [0.5, 0.6) is 0 Å². The molecule has 1 saturated heterocycles. The lowest BCUT2D eigenvalue weighted by Crippen LogP contribution is -2.40. The maximum Gasteiger partial charge on any atom is 0.191 e. The summed E-state index contributed by atoms with van der Waals surface area (Å²) in [4.78, 5) is 7.04. The van der Waals surface area contributed by atoms with Gasteiger partial charge in [-0.2, -0.15) is 0 Å². The van der Waals surface area contributed by atoms with Crippen molar-refractivity contribution in [3.8, 4) is 0 Å². The molecule has 0 bridgehead atoms. The van der Waals surface area contributed by atoms with Crippen molar-refractivity contribution in [2.24, 2.45) is 4.99 Å². The Balaban J connectivity index is 1.52. The Bertz CT molecular complexity index is 459. The molecular weight excluding hydrogens is 320 g/mol. The monoisotopic (exact) mass is 352 g/mol. The largest absolute Gasteiger partial charge is 0.467 e. The van der Waals surface area contributed by atoms with Gasteiger partial charge in [0.2, 0.25) is 0 Å². The first-order valence-corrected chi connectivity index (χ1v) is 9.31. The molecule has 0 saturated carbocycles. The summed E-state index contributed by atoms with van der Waals surface area (Å²) < 4.78 is 16.2. The van der Waals surface area contributed by atoms with Gasteiger partial charge in [-0.1, -0.05) is 0 Å². The summed E-state index contributed by atoms with van der Waals surface area (Å²) >= 11 is 0. The summed E-state index contributed by atoms with van der Waals surface area (Å²) in [6.45, 7) is 10.8. The van der Waals surface area contributed by atoms with E-state index in [2.05, 4.69) is 27.4 Å². The van der Waals surface area contributed by atoms with Crippen LogP contribution < -0.4 is 10.6 Å². The topological polar surface area (TPSA) is 71.3 Å². The predicted molar refractivity (Wildman–Crippen MR) is 98.8 cm³/mol. The number of morpholine rings is 1. The van der Waals surface area contributed by atoms with E-state index >= 15 is 0 Å². The summed E-state index contributed by atoms with van der Waals surface area (Å²) in [6.07, 6.45) is 3.66. The van der Waals surface area contributed by atoms with Crippen LogP contribution in [0.1, 0.15) is 25.5 Å². The molecule has 0 aromatic carbocycles. The molecule has 7 heteroatoms. The first-order valence-electron chi connectivity index (χ1n) is 9.31. The minimum absolute atomic E-state index is 0.524. The Kier molecular flexibility index (Phi) is 10.1. The lowest BCUT2D eigenvalue weighted by Gasteiger charge is -2.26. The Hall–Kier alpha value is -1.57. The van der Waals surface area contributed by atoms with Crippen molar-refractivity contribution < 1.29 is 13.9 Å². The number of nitrogens with zero attached hydrogens (tertiary/aromatic N) is 2. The van der Waals surface area contributed by atoms with Gasteiger partial charge in [0, 0.05) is 39.3 Å². The number of nitrogens with one attached hydrogen (secondary N) is 2. The Labute approximate surface area is 150 Å². The van der Waals surface area contributed by atoms with Gasteiger partial charge in [-0.25, -0.2) is 0 Å². The lowest BCUT2D eigenvalue weighted by molar-refractivity contribution is 0.0376.